The van der Waals surface area contributed by atoms with Gasteiger partial charge in [0.05, 0.1) is 11.9 Å². The van der Waals surface area contributed by atoms with Crippen LogP contribution in [0.25, 0.3) is 0 Å². The molecule has 3 rings (SSSR count). The molecule has 1 saturated heterocycles. The topological polar surface area (TPSA) is 79.4 Å². The minimum Gasteiger partial charge on any atom is -0.301 e. The van der Waals surface area contributed by atoms with Crippen molar-refractivity contribution in [3.8, 4) is 0 Å². The fourth-order valence-corrected chi connectivity index (χ4v) is 4.42. The van der Waals surface area contributed by atoms with Crippen molar-refractivity contribution in [3.05, 3.63) is 11.1 Å². The fraction of sp³-hybridized carbons (Fsp3) is 0.667. The van der Waals surface area contributed by atoms with Gasteiger partial charge in [-0.15, -0.1) is 11.3 Å². The number of anilines is 1. The number of aromatic nitrogens is 1. The Hall–Kier alpha value is -0.990. The van der Waals surface area contributed by atoms with Crippen LogP contribution in [0.2, 0.25) is 0 Å². The summed E-state index contributed by atoms with van der Waals surface area (Å²) in [4.78, 5) is 16.6. The minimum atomic E-state index is -3.33. The Morgan fingerprint density at radius 2 is 2.20 bits per heavy atom. The van der Waals surface area contributed by atoms with Gasteiger partial charge in [0.25, 0.3) is 0 Å². The third-order valence-corrected chi connectivity index (χ3v) is 5.75. The minimum absolute atomic E-state index is 0.273. The fourth-order valence-electron chi connectivity index (χ4n) is 2.50. The van der Waals surface area contributed by atoms with Crippen LogP contribution in [-0.4, -0.2) is 42.5 Å². The van der Waals surface area contributed by atoms with Crippen molar-refractivity contribution in [2.75, 3.05) is 18.1 Å². The highest BCUT2D eigenvalue weighted by Crippen LogP contribution is 2.40. The van der Waals surface area contributed by atoms with E-state index in [1.165, 1.54) is 28.5 Å². The molecule has 110 valence electrons. The smallest absolute Gasteiger partial charge is 0.244 e. The van der Waals surface area contributed by atoms with Gasteiger partial charge >= 0.3 is 0 Å². The van der Waals surface area contributed by atoms with E-state index >= 15 is 0 Å². The van der Waals surface area contributed by atoms with Crippen molar-refractivity contribution >= 4 is 32.4 Å². The summed E-state index contributed by atoms with van der Waals surface area (Å²) in [7, 11) is -3.33. The summed E-state index contributed by atoms with van der Waals surface area (Å²) >= 11 is 1.40. The van der Waals surface area contributed by atoms with Crippen LogP contribution in [-0.2, 0) is 14.8 Å². The number of amides is 1. The van der Waals surface area contributed by atoms with Crippen LogP contribution in [0.5, 0.6) is 0 Å². The maximum absolute atomic E-state index is 12.2. The highest BCUT2D eigenvalue weighted by Gasteiger charge is 2.36. The molecule has 20 heavy (non-hydrogen) atoms. The van der Waals surface area contributed by atoms with E-state index in [-0.39, 0.29) is 5.91 Å². The van der Waals surface area contributed by atoms with E-state index in [2.05, 4.69) is 10.3 Å². The summed E-state index contributed by atoms with van der Waals surface area (Å²) in [6, 6.07) is -0.599. The molecule has 1 aromatic rings. The Labute approximate surface area is 122 Å². The molecular weight excluding hydrogens is 298 g/mol. The zero-order valence-electron chi connectivity index (χ0n) is 11.2. The quantitative estimate of drug-likeness (QED) is 0.910. The second-order valence-electron chi connectivity index (χ2n) is 5.37. The van der Waals surface area contributed by atoms with Gasteiger partial charge in [0.1, 0.15) is 6.04 Å². The van der Waals surface area contributed by atoms with Crippen LogP contribution in [0.1, 0.15) is 37.3 Å². The summed E-state index contributed by atoms with van der Waals surface area (Å²) < 4.78 is 24.5. The molecule has 0 radical (unpaired) electrons. The summed E-state index contributed by atoms with van der Waals surface area (Å²) in [5, 5.41) is 5.29. The van der Waals surface area contributed by atoms with Crippen LogP contribution < -0.4 is 5.32 Å². The lowest BCUT2D eigenvalue weighted by Gasteiger charge is -2.20. The molecular formula is C12H17N3O3S2. The van der Waals surface area contributed by atoms with Crippen molar-refractivity contribution < 1.29 is 13.2 Å². The number of nitrogens with one attached hydrogen (secondary N) is 1. The molecule has 8 heteroatoms. The van der Waals surface area contributed by atoms with E-state index in [9.17, 15) is 13.2 Å². The molecule has 1 aromatic heterocycles. The first-order chi connectivity index (χ1) is 9.45. The van der Waals surface area contributed by atoms with Crippen LogP contribution in [0.4, 0.5) is 5.13 Å². The highest BCUT2D eigenvalue weighted by molar-refractivity contribution is 7.88. The predicted molar refractivity (Wildman–Crippen MR) is 77.3 cm³/mol. The average molecular weight is 315 g/mol. The first-order valence-corrected chi connectivity index (χ1v) is 9.41. The zero-order valence-corrected chi connectivity index (χ0v) is 12.8. The number of carbonyl (C=O) groups is 1. The lowest BCUT2D eigenvalue weighted by Crippen LogP contribution is -2.42. The van der Waals surface area contributed by atoms with Crippen LogP contribution in [0, 0.1) is 0 Å². The van der Waals surface area contributed by atoms with E-state index in [1.54, 1.807) is 0 Å². The summed E-state index contributed by atoms with van der Waals surface area (Å²) in [6.07, 6.45) is 4.77. The first-order valence-electron chi connectivity index (χ1n) is 6.68. The maximum Gasteiger partial charge on any atom is 0.244 e. The van der Waals surface area contributed by atoms with Gasteiger partial charge in [0.2, 0.25) is 15.9 Å². The third kappa shape index (κ3) is 2.87. The molecule has 2 aliphatic rings. The van der Waals surface area contributed by atoms with E-state index < -0.39 is 16.1 Å². The number of sulfonamides is 1. The van der Waals surface area contributed by atoms with E-state index in [0.717, 1.165) is 18.4 Å². The van der Waals surface area contributed by atoms with Gasteiger partial charge in [-0.05, 0) is 25.7 Å². The van der Waals surface area contributed by atoms with Crippen molar-refractivity contribution in [2.45, 2.75) is 37.6 Å². The van der Waals surface area contributed by atoms with Gasteiger partial charge in [-0.3, -0.25) is 4.79 Å². The van der Waals surface area contributed by atoms with Crippen LogP contribution in [0.3, 0.4) is 0 Å². The third-order valence-electron chi connectivity index (χ3n) is 3.68. The summed E-state index contributed by atoms with van der Waals surface area (Å²) in [6.45, 7) is 0.419. The summed E-state index contributed by atoms with van der Waals surface area (Å²) in [5.74, 6) is 0.278. The molecule has 0 spiro atoms. The van der Waals surface area contributed by atoms with Crippen molar-refractivity contribution in [2.24, 2.45) is 0 Å². The molecule has 1 unspecified atom stereocenters. The van der Waals surface area contributed by atoms with Gasteiger partial charge in [-0.2, -0.15) is 4.31 Å². The van der Waals surface area contributed by atoms with Crippen LogP contribution >= 0.6 is 11.3 Å². The molecule has 1 amide bonds. The van der Waals surface area contributed by atoms with Crippen LogP contribution in [0.15, 0.2) is 5.38 Å². The number of rotatable bonds is 4. The first kappa shape index (κ1) is 14.0. The predicted octanol–water partition coefficient (Wildman–Crippen LogP) is 1.38. The molecule has 0 bridgehead atoms. The Bertz CT molecular complexity index is 622. The standard InChI is InChI=1S/C12H17N3O3S2/c1-20(17,18)15-6-2-3-10(15)11(16)14-12-13-9(7-19-12)8-4-5-8/h7-8,10H,2-6H2,1H3,(H,13,14,16). The second-order valence-corrected chi connectivity index (χ2v) is 8.17. The second kappa shape index (κ2) is 5.09. The normalized spacial score (nSPS) is 23.9. The SMILES string of the molecule is CS(=O)(=O)N1CCCC1C(=O)Nc1nc(C2CC2)cs1. The molecule has 1 aliphatic carbocycles. The lowest BCUT2D eigenvalue weighted by atomic mass is 10.2. The van der Waals surface area contributed by atoms with Gasteiger partial charge in [0, 0.05) is 17.8 Å². The van der Waals surface area contributed by atoms with E-state index in [0.29, 0.717) is 24.0 Å². The van der Waals surface area contributed by atoms with E-state index in [1.807, 2.05) is 5.38 Å². The molecule has 1 saturated carbocycles. The number of carbonyl (C=O) groups excluding carboxylic acids is 1. The molecule has 0 aromatic carbocycles. The highest BCUT2D eigenvalue weighted by atomic mass is 32.2. The molecule has 1 atom stereocenters. The number of hydrogen-bond donors (Lipinski definition) is 1. The molecule has 6 nitrogen and oxygen atoms in total. The largest absolute Gasteiger partial charge is 0.301 e. The van der Waals surface area contributed by atoms with Gasteiger partial charge in [-0.25, -0.2) is 13.4 Å². The number of thiazole rings is 1. The Kier molecular flexibility index (Phi) is 3.55. The number of hydrogen-bond acceptors (Lipinski definition) is 5. The van der Waals surface area contributed by atoms with Gasteiger partial charge in [0.15, 0.2) is 5.13 Å². The average Bonchev–Trinajstić information content (AvgIpc) is 2.91. The lowest BCUT2D eigenvalue weighted by molar-refractivity contribution is -0.119. The molecule has 1 N–H and O–H groups in total. The Balaban J connectivity index is 1.68. The van der Waals surface area contributed by atoms with Crippen molar-refractivity contribution in [3.63, 3.8) is 0 Å². The maximum atomic E-state index is 12.2. The van der Waals surface area contributed by atoms with E-state index in [4.69, 9.17) is 0 Å². The molecule has 2 heterocycles. The molecule has 1 aliphatic heterocycles. The number of nitrogens with zero attached hydrogens (tertiary/aromatic N) is 2. The Morgan fingerprint density at radius 1 is 1.45 bits per heavy atom. The Morgan fingerprint density at radius 3 is 2.85 bits per heavy atom. The zero-order chi connectivity index (χ0) is 14.3. The van der Waals surface area contributed by atoms with Gasteiger partial charge in [-0.1, -0.05) is 0 Å². The van der Waals surface area contributed by atoms with Crippen molar-refractivity contribution in [1.29, 1.82) is 0 Å². The monoisotopic (exact) mass is 315 g/mol. The summed E-state index contributed by atoms with van der Waals surface area (Å²) in [5.41, 5.74) is 1.04. The molecule has 2 fully saturated rings. The van der Waals surface area contributed by atoms with Gasteiger partial charge < -0.3 is 5.32 Å². The van der Waals surface area contributed by atoms with Crippen molar-refractivity contribution in [1.82, 2.24) is 9.29 Å².